The molecule has 0 heterocycles. The molecule has 5 heteroatoms. The number of anilines is 1. The van der Waals surface area contributed by atoms with Crippen molar-refractivity contribution in [3.63, 3.8) is 0 Å². The van der Waals surface area contributed by atoms with Crippen LogP contribution >= 0.6 is 0 Å². The van der Waals surface area contributed by atoms with Gasteiger partial charge in [0, 0.05) is 13.2 Å². The van der Waals surface area contributed by atoms with Gasteiger partial charge >= 0.3 is 6.03 Å². The van der Waals surface area contributed by atoms with Crippen molar-refractivity contribution < 1.29 is 14.3 Å². The van der Waals surface area contributed by atoms with Gasteiger partial charge in [-0.3, -0.25) is 0 Å². The first-order valence-electron chi connectivity index (χ1n) is 8.21. The molecule has 2 aromatic carbocycles. The standard InChI is InChI=1S/C19H21FN2O2/c20-16-8-3-4-9-17(16)21-19(24)22(12-5-13-23)18-11-10-14-6-1-2-7-15(14)18/h1-4,6-9,18,23H,5,10-13H2,(H,21,24)/t18-/m1/s1. The zero-order valence-corrected chi connectivity index (χ0v) is 13.4. The number of urea groups is 1. The Morgan fingerprint density at radius 2 is 1.96 bits per heavy atom. The summed E-state index contributed by atoms with van der Waals surface area (Å²) in [6.45, 7) is 0.438. The van der Waals surface area contributed by atoms with Crippen molar-refractivity contribution >= 4 is 11.7 Å². The molecular weight excluding hydrogens is 307 g/mol. The number of amides is 2. The van der Waals surface area contributed by atoms with Crippen molar-refractivity contribution in [2.24, 2.45) is 0 Å². The van der Waals surface area contributed by atoms with Crippen molar-refractivity contribution in [1.29, 1.82) is 0 Å². The molecular formula is C19H21FN2O2. The van der Waals surface area contributed by atoms with Crippen LogP contribution in [0.25, 0.3) is 0 Å². The van der Waals surface area contributed by atoms with Gasteiger partial charge in [-0.25, -0.2) is 9.18 Å². The molecule has 4 nitrogen and oxygen atoms in total. The van der Waals surface area contributed by atoms with Gasteiger partial charge in [0.1, 0.15) is 5.82 Å². The van der Waals surface area contributed by atoms with Gasteiger partial charge in [0.15, 0.2) is 0 Å². The van der Waals surface area contributed by atoms with Gasteiger partial charge in [-0.15, -0.1) is 0 Å². The lowest BCUT2D eigenvalue weighted by Crippen LogP contribution is -2.38. The van der Waals surface area contributed by atoms with E-state index in [1.807, 2.05) is 18.2 Å². The number of aliphatic hydroxyl groups excluding tert-OH is 1. The molecule has 0 radical (unpaired) electrons. The third-order valence-electron chi connectivity index (χ3n) is 4.41. The highest BCUT2D eigenvalue weighted by Crippen LogP contribution is 2.36. The van der Waals surface area contributed by atoms with E-state index in [-0.39, 0.29) is 24.4 Å². The van der Waals surface area contributed by atoms with Crippen LogP contribution < -0.4 is 5.32 Å². The van der Waals surface area contributed by atoms with Crippen molar-refractivity contribution in [2.75, 3.05) is 18.5 Å². The Hall–Kier alpha value is -2.40. The number of aryl methyl sites for hydroxylation is 1. The molecule has 3 rings (SSSR count). The smallest absolute Gasteiger partial charge is 0.322 e. The SMILES string of the molecule is O=C(Nc1ccccc1F)N(CCCO)[C@@H]1CCc2ccccc21. The third kappa shape index (κ3) is 3.41. The van der Waals surface area contributed by atoms with Gasteiger partial charge in [0.05, 0.1) is 11.7 Å². The summed E-state index contributed by atoms with van der Waals surface area (Å²) in [5.74, 6) is -0.459. The molecule has 0 saturated carbocycles. The van der Waals surface area contributed by atoms with Crippen molar-refractivity contribution in [3.05, 3.63) is 65.5 Å². The fourth-order valence-electron chi connectivity index (χ4n) is 3.25. The highest BCUT2D eigenvalue weighted by Gasteiger charge is 2.30. The number of aliphatic hydroxyl groups is 1. The Labute approximate surface area is 140 Å². The molecule has 0 unspecified atom stereocenters. The molecule has 1 aliphatic carbocycles. The first-order valence-corrected chi connectivity index (χ1v) is 8.21. The summed E-state index contributed by atoms with van der Waals surface area (Å²) in [5, 5.41) is 11.8. The minimum absolute atomic E-state index is 0.0118. The Kier molecular flexibility index (Phi) is 5.11. The number of halogens is 1. The molecule has 0 saturated heterocycles. The molecule has 2 amide bonds. The average molecular weight is 328 g/mol. The Bertz CT molecular complexity index is 720. The van der Waals surface area contributed by atoms with Crippen LogP contribution in [-0.2, 0) is 6.42 Å². The molecule has 0 fully saturated rings. The van der Waals surface area contributed by atoms with Crippen LogP contribution in [0, 0.1) is 5.82 Å². The molecule has 2 N–H and O–H groups in total. The van der Waals surface area contributed by atoms with E-state index in [1.165, 1.54) is 11.6 Å². The lowest BCUT2D eigenvalue weighted by molar-refractivity contribution is 0.177. The number of hydrogen-bond acceptors (Lipinski definition) is 2. The molecule has 2 aromatic rings. The molecule has 24 heavy (non-hydrogen) atoms. The van der Waals surface area contributed by atoms with Gasteiger partial charge in [0.2, 0.25) is 0 Å². The molecule has 0 aromatic heterocycles. The zero-order valence-electron chi connectivity index (χ0n) is 13.4. The topological polar surface area (TPSA) is 52.6 Å². The third-order valence-corrected chi connectivity index (χ3v) is 4.41. The minimum atomic E-state index is -0.459. The van der Waals surface area contributed by atoms with E-state index >= 15 is 0 Å². The first kappa shape index (κ1) is 16.5. The summed E-state index contributed by atoms with van der Waals surface area (Å²) < 4.78 is 13.8. The van der Waals surface area contributed by atoms with Crippen LogP contribution in [0.5, 0.6) is 0 Å². The number of carbonyl (C=O) groups excluding carboxylic acids is 1. The number of benzene rings is 2. The monoisotopic (exact) mass is 328 g/mol. The van der Waals surface area contributed by atoms with E-state index in [2.05, 4.69) is 11.4 Å². The van der Waals surface area contributed by atoms with Crippen LogP contribution in [0.1, 0.15) is 30.0 Å². The van der Waals surface area contributed by atoms with Crippen LogP contribution in [0.3, 0.4) is 0 Å². The highest BCUT2D eigenvalue weighted by atomic mass is 19.1. The van der Waals surface area contributed by atoms with E-state index in [4.69, 9.17) is 5.11 Å². The molecule has 0 aliphatic heterocycles. The Balaban J connectivity index is 1.82. The summed E-state index contributed by atoms with van der Waals surface area (Å²) >= 11 is 0. The predicted octanol–water partition coefficient (Wildman–Crippen LogP) is 3.73. The number of rotatable bonds is 5. The Morgan fingerprint density at radius 3 is 2.75 bits per heavy atom. The van der Waals surface area contributed by atoms with Gasteiger partial charge in [-0.1, -0.05) is 36.4 Å². The second kappa shape index (κ2) is 7.45. The fourth-order valence-corrected chi connectivity index (χ4v) is 3.25. The number of carbonyl (C=O) groups is 1. The number of para-hydroxylation sites is 1. The van der Waals surface area contributed by atoms with Crippen LogP contribution in [0.4, 0.5) is 14.9 Å². The van der Waals surface area contributed by atoms with E-state index < -0.39 is 5.82 Å². The van der Waals surface area contributed by atoms with E-state index in [1.54, 1.807) is 23.1 Å². The second-order valence-corrected chi connectivity index (χ2v) is 5.93. The normalized spacial score (nSPS) is 15.8. The summed E-state index contributed by atoms with van der Waals surface area (Å²) in [6.07, 6.45) is 2.25. The van der Waals surface area contributed by atoms with Crippen LogP contribution in [-0.4, -0.2) is 29.2 Å². The average Bonchev–Trinajstić information content (AvgIpc) is 3.01. The van der Waals surface area contributed by atoms with E-state index in [0.717, 1.165) is 18.4 Å². The molecule has 1 atom stereocenters. The van der Waals surface area contributed by atoms with Gasteiger partial charge in [-0.2, -0.15) is 0 Å². The van der Waals surface area contributed by atoms with Gasteiger partial charge < -0.3 is 15.3 Å². The maximum absolute atomic E-state index is 13.8. The second-order valence-electron chi connectivity index (χ2n) is 5.93. The van der Waals surface area contributed by atoms with Crippen molar-refractivity contribution in [3.8, 4) is 0 Å². The first-order chi connectivity index (χ1) is 11.7. The number of fused-ring (bicyclic) bond motifs is 1. The van der Waals surface area contributed by atoms with E-state index in [0.29, 0.717) is 13.0 Å². The Morgan fingerprint density at radius 1 is 1.21 bits per heavy atom. The lowest BCUT2D eigenvalue weighted by Gasteiger charge is -2.30. The predicted molar refractivity (Wildman–Crippen MR) is 91.3 cm³/mol. The summed E-state index contributed by atoms with van der Waals surface area (Å²) in [4.78, 5) is 14.4. The molecule has 1 aliphatic rings. The lowest BCUT2D eigenvalue weighted by atomic mass is 10.1. The highest BCUT2D eigenvalue weighted by molar-refractivity contribution is 5.89. The van der Waals surface area contributed by atoms with Crippen LogP contribution in [0.2, 0.25) is 0 Å². The maximum atomic E-state index is 13.8. The van der Waals surface area contributed by atoms with Gasteiger partial charge in [-0.05, 0) is 42.5 Å². The zero-order chi connectivity index (χ0) is 16.9. The van der Waals surface area contributed by atoms with Crippen LogP contribution in [0.15, 0.2) is 48.5 Å². The number of nitrogens with zero attached hydrogens (tertiary/aromatic N) is 1. The van der Waals surface area contributed by atoms with Gasteiger partial charge in [0.25, 0.3) is 0 Å². The van der Waals surface area contributed by atoms with Crippen molar-refractivity contribution in [2.45, 2.75) is 25.3 Å². The van der Waals surface area contributed by atoms with Crippen molar-refractivity contribution in [1.82, 2.24) is 4.90 Å². The summed E-state index contributed by atoms with van der Waals surface area (Å²) in [7, 11) is 0. The largest absolute Gasteiger partial charge is 0.396 e. The number of hydrogen-bond donors (Lipinski definition) is 2. The number of nitrogens with one attached hydrogen (secondary N) is 1. The summed E-state index contributed by atoms with van der Waals surface area (Å²) in [6, 6.07) is 13.8. The molecule has 126 valence electrons. The molecule has 0 spiro atoms. The minimum Gasteiger partial charge on any atom is -0.396 e. The molecule has 0 bridgehead atoms. The van der Waals surface area contributed by atoms with E-state index in [9.17, 15) is 9.18 Å². The maximum Gasteiger partial charge on any atom is 0.322 e. The quantitative estimate of drug-likeness (QED) is 0.879. The summed E-state index contributed by atoms with van der Waals surface area (Å²) in [5.41, 5.74) is 2.55. The fraction of sp³-hybridized carbons (Fsp3) is 0.316.